The molecule has 1 aromatic heterocycles. The van der Waals surface area contributed by atoms with E-state index in [0.717, 1.165) is 37.1 Å². The Kier molecular flexibility index (Phi) is 3.18. The summed E-state index contributed by atoms with van der Waals surface area (Å²) in [5, 5.41) is 10.8. The summed E-state index contributed by atoms with van der Waals surface area (Å²) in [6, 6.07) is 9.27. The molecule has 0 unspecified atom stereocenters. The largest absolute Gasteiger partial charge is 0.506 e. The number of anilines is 1. The fourth-order valence-corrected chi connectivity index (χ4v) is 2.69. The number of aromatic nitrogens is 1. The van der Waals surface area contributed by atoms with Crippen LogP contribution in [0.5, 0.6) is 5.75 Å². The van der Waals surface area contributed by atoms with Crippen LogP contribution in [0.1, 0.15) is 12.8 Å². The number of aromatic hydroxyl groups is 1. The molecular weight excluding hydrogens is 254 g/mol. The highest BCUT2D eigenvalue weighted by atomic mass is 16.3. The maximum absolute atomic E-state index is 11.2. The Morgan fingerprint density at radius 1 is 1.25 bits per heavy atom. The Morgan fingerprint density at radius 2 is 2.00 bits per heavy atom. The zero-order chi connectivity index (χ0) is 14.1. The maximum atomic E-state index is 11.2. The molecule has 2 heterocycles. The van der Waals surface area contributed by atoms with Crippen molar-refractivity contribution in [3.8, 4) is 5.75 Å². The number of nitrogens with zero attached hydrogens (tertiary/aromatic N) is 2. The molecule has 0 bridgehead atoms. The highest BCUT2D eigenvalue weighted by Crippen LogP contribution is 2.27. The van der Waals surface area contributed by atoms with Crippen LogP contribution in [0, 0.1) is 5.92 Å². The summed E-state index contributed by atoms with van der Waals surface area (Å²) in [5.41, 5.74) is 5.95. The van der Waals surface area contributed by atoms with Gasteiger partial charge < -0.3 is 15.7 Å². The van der Waals surface area contributed by atoms with Crippen molar-refractivity contribution in [2.24, 2.45) is 11.7 Å². The molecule has 0 atom stereocenters. The van der Waals surface area contributed by atoms with Gasteiger partial charge in [0.25, 0.3) is 0 Å². The van der Waals surface area contributed by atoms with E-state index in [4.69, 9.17) is 5.73 Å². The number of phenolic OH excluding ortho intramolecular Hbond substituents is 1. The fourth-order valence-electron chi connectivity index (χ4n) is 2.69. The molecule has 2 aromatic rings. The van der Waals surface area contributed by atoms with Crippen molar-refractivity contribution in [2.75, 3.05) is 18.0 Å². The lowest BCUT2D eigenvalue weighted by molar-refractivity contribution is -0.122. The molecule has 1 fully saturated rings. The van der Waals surface area contributed by atoms with Crippen molar-refractivity contribution in [2.45, 2.75) is 12.8 Å². The molecule has 0 aliphatic carbocycles. The molecule has 3 rings (SSSR count). The molecule has 5 nitrogen and oxygen atoms in total. The molecule has 104 valence electrons. The number of hydrogen-bond acceptors (Lipinski definition) is 4. The summed E-state index contributed by atoms with van der Waals surface area (Å²) in [6.45, 7) is 1.53. The van der Waals surface area contributed by atoms with Crippen LogP contribution in [0.15, 0.2) is 30.3 Å². The number of hydrogen-bond donors (Lipinski definition) is 2. The number of fused-ring (bicyclic) bond motifs is 1. The van der Waals surface area contributed by atoms with Crippen molar-refractivity contribution < 1.29 is 9.90 Å². The van der Waals surface area contributed by atoms with Crippen molar-refractivity contribution >= 4 is 22.6 Å². The Hall–Kier alpha value is -2.30. The standard InChI is InChI=1S/C15H17N3O2/c16-15(20)11-6-8-18(9-7-11)13-5-4-10-2-1-3-12(19)14(10)17-13/h1-5,11,19H,6-9H2,(H2,16,20). The first-order valence-corrected chi connectivity index (χ1v) is 6.78. The average Bonchev–Trinajstić information content (AvgIpc) is 2.47. The normalized spacial score (nSPS) is 16.5. The first-order chi connectivity index (χ1) is 9.65. The molecule has 1 aliphatic heterocycles. The molecule has 1 aromatic carbocycles. The number of primary amides is 1. The number of carbonyl (C=O) groups is 1. The van der Waals surface area contributed by atoms with Gasteiger partial charge in [0.2, 0.25) is 5.91 Å². The molecule has 1 saturated heterocycles. The third-order valence-corrected chi connectivity index (χ3v) is 3.91. The third kappa shape index (κ3) is 2.27. The summed E-state index contributed by atoms with van der Waals surface area (Å²) >= 11 is 0. The maximum Gasteiger partial charge on any atom is 0.220 e. The first kappa shape index (κ1) is 12.7. The van der Waals surface area contributed by atoms with Crippen molar-refractivity contribution in [3.63, 3.8) is 0 Å². The summed E-state index contributed by atoms with van der Waals surface area (Å²) in [4.78, 5) is 17.8. The number of phenols is 1. The van der Waals surface area contributed by atoms with Gasteiger partial charge in [0.05, 0.1) is 0 Å². The Labute approximate surface area is 117 Å². The minimum atomic E-state index is -0.214. The average molecular weight is 271 g/mol. The molecule has 0 saturated carbocycles. The van der Waals surface area contributed by atoms with E-state index < -0.39 is 0 Å². The van der Waals surface area contributed by atoms with Crippen LogP contribution < -0.4 is 10.6 Å². The topological polar surface area (TPSA) is 79.5 Å². The van der Waals surface area contributed by atoms with Crippen LogP contribution in [0.3, 0.4) is 0 Å². The lowest BCUT2D eigenvalue weighted by atomic mass is 9.96. The minimum absolute atomic E-state index is 0.0277. The number of para-hydroxylation sites is 1. The smallest absolute Gasteiger partial charge is 0.220 e. The highest BCUT2D eigenvalue weighted by Gasteiger charge is 2.23. The molecule has 20 heavy (non-hydrogen) atoms. The van der Waals surface area contributed by atoms with E-state index in [1.807, 2.05) is 18.2 Å². The van der Waals surface area contributed by atoms with Crippen LogP contribution in [-0.2, 0) is 4.79 Å². The Balaban J connectivity index is 1.85. The molecule has 0 spiro atoms. The van der Waals surface area contributed by atoms with Gasteiger partial charge in [0, 0.05) is 24.4 Å². The zero-order valence-electron chi connectivity index (χ0n) is 11.1. The number of pyridine rings is 1. The van der Waals surface area contributed by atoms with E-state index >= 15 is 0 Å². The number of carbonyl (C=O) groups excluding carboxylic acids is 1. The summed E-state index contributed by atoms with van der Waals surface area (Å²) in [7, 11) is 0. The minimum Gasteiger partial charge on any atom is -0.506 e. The Morgan fingerprint density at radius 3 is 2.70 bits per heavy atom. The highest BCUT2D eigenvalue weighted by molar-refractivity contribution is 5.85. The second-order valence-corrected chi connectivity index (χ2v) is 5.18. The molecule has 3 N–H and O–H groups in total. The van der Waals surface area contributed by atoms with Crippen LogP contribution in [0.4, 0.5) is 5.82 Å². The molecule has 0 radical (unpaired) electrons. The van der Waals surface area contributed by atoms with Crippen LogP contribution in [-0.4, -0.2) is 29.1 Å². The number of nitrogens with two attached hydrogens (primary N) is 1. The van der Waals surface area contributed by atoms with E-state index in [2.05, 4.69) is 9.88 Å². The lowest BCUT2D eigenvalue weighted by Gasteiger charge is -2.31. The van der Waals surface area contributed by atoms with Gasteiger partial charge >= 0.3 is 0 Å². The predicted molar refractivity (Wildman–Crippen MR) is 77.5 cm³/mol. The molecule has 1 aliphatic rings. The first-order valence-electron chi connectivity index (χ1n) is 6.78. The van der Waals surface area contributed by atoms with Gasteiger partial charge in [0.1, 0.15) is 17.1 Å². The van der Waals surface area contributed by atoms with Gasteiger partial charge in [0.15, 0.2) is 0 Å². The number of rotatable bonds is 2. The van der Waals surface area contributed by atoms with Gasteiger partial charge in [-0.3, -0.25) is 4.79 Å². The number of amides is 1. The second-order valence-electron chi connectivity index (χ2n) is 5.18. The van der Waals surface area contributed by atoms with Crippen LogP contribution in [0.25, 0.3) is 10.9 Å². The lowest BCUT2D eigenvalue weighted by Crippen LogP contribution is -2.38. The van der Waals surface area contributed by atoms with Gasteiger partial charge in [-0.05, 0) is 31.0 Å². The van der Waals surface area contributed by atoms with Crippen molar-refractivity contribution in [3.05, 3.63) is 30.3 Å². The summed E-state index contributed by atoms with van der Waals surface area (Å²) in [6.07, 6.45) is 1.52. The third-order valence-electron chi connectivity index (χ3n) is 3.91. The molecule has 1 amide bonds. The quantitative estimate of drug-likeness (QED) is 0.870. The fraction of sp³-hybridized carbons (Fsp3) is 0.333. The van der Waals surface area contributed by atoms with Gasteiger partial charge in [-0.1, -0.05) is 12.1 Å². The van der Waals surface area contributed by atoms with E-state index in [1.54, 1.807) is 12.1 Å². The van der Waals surface area contributed by atoms with E-state index in [1.165, 1.54) is 0 Å². The summed E-state index contributed by atoms with van der Waals surface area (Å²) in [5.74, 6) is 0.784. The van der Waals surface area contributed by atoms with Crippen LogP contribution >= 0.6 is 0 Å². The molecule has 5 heteroatoms. The summed E-state index contributed by atoms with van der Waals surface area (Å²) < 4.78 is 0. The predicted octanol–water partition coefficient (Wildman–Crippen LogP) is 1.64. The van der Waals surface area contributed by atoms with Gasteiger partial charge in [-0.15, -0.1) is 0 Å². The van der Waals surface area contributed by atoms with Gasteiger partial charge in [-0.2, -0.15) is 0 Å². The molecular formula is C15H17N3O2. The number of piperidine rings is 1. The van der Waals surface area contributed by atoms with Gasteiger partial charge in [-0.25, -0.2) is 4.98 Å². The second kappa shape index (κ2) is 5.00. The van der Waals surface area contributed by atoms with Crippen LogP contribution in [0.2, 0.25) is 0 Å². The number of benzene rings is 1. The van der Waals surface area contributed by atoms with E-state index in [0.29, 0.717) is 5.52 Å². The van der Waals surface area contributed by atoms with E-state index in [9.17, 15) is 9.90 Å². The van der Waals surface area contributed by atoms with E-state index in [-0.39, 0.29) is 17.6 Å². The Bertz CT molecular complexity index is 649. The van der Waals surface area contributed by atoms with Crippen molar-refractivity contribution in [1.82, 2.24) is 4.98 Å². The SMILES string of the molecule is NC(=O)C1CCN(c2ccc3cccc(O)c3n2)CC1. The zero-order valence-corrected chi connectivity index (χ0v) is 11.1. The van der Waals surface area contributed by atoms with Crippen molar-refractivity contribution in [1.29, 1.82) is 0 Å². The monoisotopic (exact) mass is 271 g/mol.